The Morgan fingerprint density at radius 3 is 2.34 bits per heavy atom. The Morgan fingerprint density at radius 1 is 1.10 bits per heavy atom. The zero-order valence-corrected chi connectivity index (χ0v) is 23.7. The number of carbonyl (C=O) groups is 3. The standard InChI is InChI=1S/C30H28N2O8S/c1-6-14-40-29(36)27-17(2)31-30(41-27)32-24(19-15-21(37-3)26(39-5)22(16-19)38-4)23(25(34)28(32)35)20(33)13-12-18-10-8-7-9-11-18/h6-13,15-16,24,34H,1,14H2,2-5H3/b13-12+. The topological polar surface area (TPSA) is 124 Å². The average Bonchev–Trinajstić information content (AvgIpc) is 3.50. The molecule has 1 atom stereocenters. The first kappa shape index (κ1) is 29.1. The fourth-order valence-corrected chi connectivity index (χ4v) is 5.32. The number of nitrogens with zero attached hydrogens (tertiary/aromatic N) is 2. The largest absolute Gasteiger partial charge is 0.503 e. The molecule has 3 aromatic rings. The normalized spacial score (nSPS) is 14.9. The molecule has 41 heavy (non-hydrogen) atoms. The van der Waals surface area contributed by atoms with E-state index in [4.69, 9.17) is 18.9 Å². The van der Waals surface area contributed by atoms with Gasteiger partial charge in [-0.05, 0) is 36.3 Å². The Kier molecular flexibility index (Phi) is 8.88. The molecule has 1 aromatic heterocycles. The van der Waals surface area contributed by atoms with Gasteiger partial charge in [0.2, 0.25) is 5.75 Å². The minimum Gasteiger partial charge on any atom is -0.503 e. The van der Waals surface area contributed by atoms with Crippen molar-refractivity contribution in [3.8, 4) is 17.2 Å². The number of aliphatic hydroxyl groups is 1. The molecule has 2 heterocycles. The van der Waals surface area contributed by atoms with Crippen molar-refractivity contribution in [2.75, 3.05) is 32.8 Å². The Labute approximate surface area is 240 Å². The lowest BCUT2D eigenvalue weighted by Gasteiger charge is -2.25. The predicted octanol–water partition coefficient (Wildman–Crippen LogP) is 5.00. The zero-order chi connectivity index (χ0) is 29.7. The molecule has 10 nitrogen and oxygen atoms in total. The van der Waals surface area contributed by atoms with Crippen LogP contribution in [0.25, 0.3) is 6.08 Å². The molecule has 4 rings (SSSR count). The molecule has 1 N–H and O–H groups in total. The van der Waals surface area contributed by atoms with Crippen molar-refractivity contribution in [1.29, 1.82) is 0 Å². The number of thiazole rings is 1. The molecule has 0 aliphatic carbocycles. The molecule has 1 unspecified atom stereocenters. The molecule has 0 radical (unpaired) electrons. The van der Waals surface area contributed by atoms with Crippen LogP contribution in [0.2, 0.25) is 0 Å². The van der Waals surface area contributed by atoms with Gasteiger partial charge in [0.25, 0.3) is 5.91 Å². The molecule has 1 aliphatic heterocycles. The summed E-state index contributed by atoms with van der Waals surface area (Å²) in [6, 6.07) is 11.1. The van der Waals surface area contributed by atoms with Crippen LogP contribution in [0.3, 0.4) is 0 Å². The average molecular weight is 577 g/mol. The van der Waals surface area contributed by atoms with Crippen molar-refractivity contribution in [1.82, 2.24) is 4.98 Å². The van der Waals surface area contributed by atoms with Crippen molar-refractivity contribution < 1.29 is 38.4 Å². The molecule has 0 fully saturated rings. The number of aryl methyl sites for hydroxylation is 1. The number of methoxy groups -OCH3 is 3. The second-order valence-corrected chi connectivity index (χ2v) is 9.68. The summed E-state index contributed by atoms with van der Waals surface area (Å²) in [5, 5.41) is 11.1. The summed E-state index contributed by atoms with van der Waals surface area (Å²) >= 11 is 0.902. The number of hydrogen-bond acceptors (Lipinski definition) is 10. The number of aliphatic hydroxyl groups excluding tert-OH is 1. The number of hydrogen-bond donors (Lipinski definition) is 1. The number of anilines is 1. The van der Waals surface area contributed by atoms with Crippen LogP contribution in [-0.2, 0) is 14.3 Å². The lowest BCUT2D eigenvalue weighted by Crippen LogP contribution is -2.31. The van der Waals surface area contributed by atoms with Gasteiger partial charge in [-0.3, -0.25) is 14.5 Å². The van der Waals surface area contributed by atoms with Gasteiger partial charge in [-0.1, -0.05) is 60.4 Å². The predicted molar refractivity (Wildman–Crippen MR) is 154 cm³/mol. The highest BCUT2D eigenvalue weighted by Crippen LogP contribution is 2.47. The van der Waals surface area contributed by atoms with Crippen molar-refractivity contribution in [2.24, 2.45) is 0 Å². The number of rotatable bonds is 11. The third-order valence-corrected chi connectivity index (χ3v) is 7.35. The number of benzene rings is 2. The minimum absolute atomic E-state index is 0.00302. The maximum Gasteiger partial charge on any atom is 0.350 e. The lowest BCUT2D eigenvalue weighted by molar-refractivity contribution is -0.117. The first-order chi connectivity index (χ1) is 19.7. The van der Waals surface area contributed by atoms with Crippen LogP contribution in [0, 0.1) is 6.92 Å². The molecule has 1 amide bonds. The van der Waals surface area contributed by atoms with E-state index >= 15 is 0 Å². The van der Waals surface area contributed by atoms with Gasteiger partial charge < -0.3 is 24.1 Å². The molecular formula is C30H28N2O8S. The molecule has 0 saturated carbocycles. The Bertz CT molecular complexity index is 1530. The second-order valence-electron chi connectivity index (χ2n) is 8.71. The highest BCUT2D eigenvalue weighted by Gasteiger charge is 2.46. The summed E-state index contributed by atoms with van der Waals surface area (Å²) in [5.41, 5.74) is 1.26. The van der Waals surface area contributed by atoms with Crippen LogP contribution >= 0.6 is 11.3 Å². The molecule has 1 aliphatic rings. The maximum absolute atomic E-state index is 13.6. The number of allylic oxidation sites excluding steroid dienone is 1. The number of ketones is 1. The van der Waals surface area contributed by atoms with E-state index in [2.05, 4.69) is 11.6 Å². The van der Waals surface area contributed by atoms with E-state index in [0.717, 1.165) is 16.9 Å². The van der Waals surface area contributed by atoms with Crippen molar-refractivity contribution in [3.63, 3.8) is 0 Å². The number of ether oxygens (including phenoxy) is 4. The number of amides is 1. The monoisotopic (exact) mass is 576 g/mol. The number of esters is 1. The summed E-state index contributed by atoms with van der Waals surface area (Å²) in [4.78, 5) is 45.5. The van der Waals surface area contributed by atoms with Crippen LogP contribution in [0.5, 0.6) is 17.2 Å². The molecule has 212 valence electrons. The van der Waals surface area contributed by atoms with Crippen molar-refractivity contribution in [3.05, 3.63) is 94.2 Å². The van der Waals surface area contributed by atoms with Gasteiger partial charge in [0.05, 0.1) is 38.6 Å². The van der Waals surface area contributed by atoms with Crippen LogP contribution in [0.15, 0.2) is 72.5 Å². The lowest BCUT2D eigenvalue weighted by atomic mass is 9.95. The van der Waals surface area contributed by atoms with Crippen LogP contribution < -0.4 is 19.1 Å². The second kappa shape index (κ2) is 12.5. The first-order valence-corrected chi connectivity index (χ1v) is 13.2. The summed E-state index contributed by atoms with van der Waals surface area (Å²) in [6.45, 7) is 5.13. The molecule has 11 heteroatoms. The first-order valence-electron chi connectivity index (χ1n) is 12.3. The van der Waals surface area contributed by atoms with E-state index in [9.17, 15) is 19.5 Å². The fraction of sp³-hybridized carbons (Fsp3) is 0.200. The quantitative estimate of drug-likeness (QED) is 0.191. The smallest absolute Gasteiger partial charge is 0.350 e. The molecule has 0 saturated heterocycles. The highest BCUT2D eigenvalue weighted by atomic mass is 32.1. The molecular weight excluding hydrogens is 548 g/mol. The molecule has 0 spiro atoms. The molecule has 2 aromatic carbocycles. The van der Waals surface area contributed by atoms with Crippen molar-refractivity contribution in [2.45, 2.75) is 13.0 Å². The summed E-state index contributed by atoms with van der Waals surface area (Å²) in [5.74, 6) is -1.99. The Balaban J connectivity index is 1.87. The van der Waals surface area contributed by atoms with Crippen LogP contribution in [0.1, 0.15) is 32.5 Å². The van der Waals surface area contributed by atoms with E-state index < -0.39 is 29.5 Å². The summed E-state index contributed by atoms with van der Waals surface area (Å²) < 4.78 is 21.6. The van der Waals surface area contributed by atoms with Gasteiger partial charge in [-0.25, -0.2) is 9.78 Å². The third-order valence-electron chi connectivity index (χ3n) is 6.21. The van der Waals surface area contributed by atoms with Gasteiger partial charge in [0.1, 0.15) is 11.5 Å². The fourth-order valence-electron chi connectivity index (χ4n) is 4.33. The van der Waals surface area contributed by atoms with Gasteiger partial charge in [-0.2, -0.15) is 0 Å². The van der Waals surface area contributed by atoms with Gasteiger partial charge in [0.15, 0.2) is 28.2 Å². The minimum atomic E-state index is -1.15. The van der Waals surface area contributed by atoms with E-state index in [1.54, 1.807) is 25.1 Å². The molecule has 0 bridgehead atoms. The summed E-state index contributed by atoms with van der Waals surface area (Å²) in [6.07, 6.45) is 4.31. The van der Waals surface area contributed by atoms with Gasteiger partial charge >= 0.3 is 5.97 Å². The van der Waals surface area contributed by atoms with Crippen LogP contribution in [-0.4, -0.2) is 55.7 Å². The number of carbonyl (C=O) groups excluding carboxylic acids is 3. The highest BCUT2D eigenvalue weighted by molar-refractivity contribution is 7.17. The van der Waals surface area contributed by atoms with Gasteiger partial charge in [-0.15, -0.1) is 0 Å². The van der Waals surface area contributed by atoms with Crippen molar-refractivity contribution >= 4 is 40.2 Å². The van der Waals surface area contributed by atoms with E-state index in [-0.39, 0.29) is 33.7 Å². The van der Waals surface area contributed by atoms with E-state index in [0.29, 0.717) is 17.0 Å². The summed E-state index contributed by atoms with van der Waals surface area (Å²) in [7, 11) is 4.32. The SMILES string of the molecule is C=CCOC(=O)c1sc(N2C(=O)C(O)=C(C(=O)/C=C/c3ccccc3)C2c2cc(OC)c(OC)c(OC)c2)nc1C. The van der Waals surface area contributed by atoms with E-state index in [1.807, 2.05) is 30.3 Å². The Morgan fingerprint density at radius 2 is 1.76 bits per heavy atom. The van der Waals surface area contributed by atoms with Crippen LogP contribution in [0.4, 0.5) is 5.13 Å². The van der Waals surface area contributed by atoms with E-state index in [1.165, 1.54) is 38.4 Å². The van der Waals surface area contributed by atoms with Gasteiger partial charge in [0, 0.05) is 0 Å². The Hall–Kier alpha value is -4.90. The third kappa shape index (κ3) is 5.71. The number of aromatic nitrogens is 1. The zero-order valence-electron chi connectivity index (χ0n) is 22.9. The maximum atomic E-state index is 13.6.